The van der Waals surface area contributed by atoms with Crippen molar-refractivity contribution < 1.29 is 0 Å². The van der Waals surface area contributed by atoms with Gasteiger partial charge in [0.05, 0.1) is 0 Å². The summed E-state index contributed by atoms with van der Waals surface area (Å²) < 4.78 is 0. The monoisotopic (exact) mass is 199 g/mol. The van der Waals surface area contributed by atoms with Crippen molar-refractivity contribution in [1.29, 1.82) is 0 Å². The zero-order valence-electron chi connectivity index (χ0n) is 9.91. The van der Waals surface area contributed by atoms with Gasteiger partial charge in [-0.25, -0.2) is 0 Å². The fraction of sp³-hybridized carbons (Fsp3) is 0.818. The van der Waals surface area contributed by atoms with Gasteiger partial charge in [0.25, 0.3) is 0 Å². The van der Waals surface area contributed by atoms with Crippen LogP contribution in [0.25, 0.3) is 0 Å². The van der Waals surface area contributed by atoms with Gasteiger partial charge < -0.3 is 5.32 Å². The first-order valence-corrected chi connectivity index (χ1v) is 8.88. The lowest BCUT2D eigenvalue weighted by molar-refractivity contribution is 0.435. The summed E-state index contributed by atoms with van der Waals surface area (Å²) in [5.41, 5.74) is 0.292. The smallest absolute Gasteiger partial charge is 0.0451 e. The zero-order valence-corrected chi connectivity index (χ0v) is 10.9. The van der Waals surface area contributed by atoms with E-state index in [9.17, 15) is 0 Å². The molecule has 1 unspecified atom stereocenters. The van der Waals surface area contributed by atoms with Crippen LogP contribution in [0.3, 0.4) is 0 Å². The SMILES string of the molecule is C=CC(C)(CNCC)C[Si](C)(C)C. The minimum atomic E-state index is -0.975. The van der Waals surface area contributed by atoms with Gasteiger partial charge in [0.15, 0.2) is 0 Å². The molecule has 0 aliphatic carbocycles. The Morgan fingerprint density at radius 3 is 2.23 bits per heavy atom. The lowest BCUT2D eigenvalue weighted by Gasteiger charge is -2.32. The van der Waals surface area contributed by atoms with Gasteiger partial charge in [-0.2, -0.15) is 0 Å². The number of hydrogen-bond acceptors (Lipinski definition) is 1. The largest absolute Gasteiger partial charge is 0.316 e. The van der Waals surface area contributed by atoms with E-state index < -0.39 is 8.07 Å². The molecular weight excluding hydrogens is 174 g/mol. The average Bonchev–Trinajstić information content (AvgIpc) is 1.98. The molecule has 0 radical (unpaired) electrons. The predicted octanol–water partition coefficient (Wildman–Crippen LogP) is 3.13. The van der Waals surface area contributed by atoms with E-state index in [0.717, 1.165) is 13.1 Å². The van der Waals surface area contributed by atoms with Crippen LogP contribution >= 0.6 is 0 Å². The third-order valence-corrected chi connectivity index (χ3v) is 4.07. The summed E-state index contributed by atoms with van der Waals surface area (Å²) in [6, 6.07) is 1.32. The van der Waals surface area contributed by atoms with Crippen molar-refractivity contribution in [2.24, 2.45) is 5.41 Å². The molecule has 0 heterocycles. The summed E-state index contributed by atoms with van der Waals surface area (Å²) >= 11 is 0. The summed E-state index contributed by atoms with van der Waals surface area (Å²) in [5, 5.41) is 3.41. The van der Waals surface area contributed by atoms with Crippen LogP contribution in [0.5, 0.6) is 0 Å². The topological polar surface area (TPSA) is 12.0 Å². The summed E-state index contributed by atoms with van der Waals surface area (Å²) in [7, 11) is -0.975. The molecule has 1 atom stereocenters. The molecule has 0 aromatic rings. The van der Waals surface area contributed by atoms with Crippen LogP contribution < -0.4 is 5.32 Å². The molecule has 0 fully saturated rings. The van der Waals surface area contributed by atoms with Crippen molar-refractivity contribution in [3.63, 3.8) is 0 Å². The van der Waals surface area contributed by atoms with E-state index in [1.165, 1.54) is 6.04 Å². The van der Waals surface area contributed by atoms with Gasteiger partial charge in [0.2, 0.25) is 0 Å². The van der Waals surface area contributed by atoms with Crippen molar-refractivity contribution >= 4 is 8.07 Å². The van der Waals surface area contributed by atoms with E-state index in [1.807, 2.05) is 0 Å². The Hall–Kier alpha value is -0.0831. The molecule has 0 saturated heterocycles. The number of hydrogen-bond donors (Lipinski definition) is 1. The van der Waals surface area contributed by atoms with Gasteiger partial charge in [-0.15, -0.1) is 6.58 Å². The third kappa shape index (κ3) is 6.05. The first kappa shape index (κ1) is 12.9. The van der Waals surface area contributed by atoms with Crippen LogP contribution in [0.2, 0.25) is 25.7 Å². The Kier molecular flexibility index (Phi) is 4.93. The van der Waals surface area contributed by atoms with Gasteiger partial charge in [0.1, 0.15) is 0 Å². The van der Waals surface area contributed by atoms with Gasteiger partial charge >= 0.3 is 0 Å². The highest BCUT2D eigenvalue weighted by Gasteiger charge is 2.27. The highest BCUT2D eigenvalue weighted by atomic mass is 28.3. The van der Waals surface area contributed by atoms with Crippen LogP contribution in [0.1, 0.15) is 13.8 Å². The normalized spacial score (nSPS) is 16.7. The number of rotatable bonds is 6. The quantitative estimate of drug-likeness (QED) is 0.512. The minimum absolute atomic E-state index is 0.292. The molecule has 0 rings (SSSR count). The maximum Gasteiger partial charge on any atom is 0.0451 e. The number of nitrogens with one attached hydrogen (secondary N) is 1. The molecule has 0 aromatic carbocycles. The van der Waals surface area contributed by atoms with Gasteiger partial charge in [-0.3, -0.25) is 0 Å². The average molecular weight is 199 g/mol. The predicted molar refractivity (Wildman–Crippen MR) is 65.0 cm³/mol. The summed E-state index contributed by atoms with van der Waals surface area (Å²) in [4.78, 5) is 0. The molecule has 2 heteroatoms. The van der Waals surface area contributed by atoms with Crippen molar-refractivity contribution in [2.45, 2.75) is 39.5 Å². The molecule has 0 spiro atoms. The molecule has 0 saturated carbocycles. The molecule has 0 bridgehead atoms. The highest BCUT2D eigenvalue weighted by Crippen LogP contribution is 2.29. The Balaban J connectivity index is 4.19. The van der Waals surface area contributed by atoms with Gasteiger partial charge in [-0.1, -0.05) is 39.6 Å². The van der Waals surface area contributed by atoms with Crippen molar-refractivity contribution in [1.82, 2.24) is 5.32 Å². The second-order valence-corrected chi connectivity index (χ2v) is 10.9. The van der Waals surface area contributed by atoms with E-state index in [1.54, 1.807) is 0 Å². The van der Waals surface area contributed by atoms with Gasteiger partial charge in [0, 0.05) is 14.6 Å². The third-order valence-electron chi connectivity index (χ3n) is 2.21. The summed E-state index contributed by atoms with van der Waals surface area (Å²) in [5.74, 6) is 0. The molecule has 0 amide bonds. The fourth-order valence-corrected chi connectivity index (χ4v) is 4.52. The highest BCUT2D eigenvalue weighted by molar-refractivity contribution is 6.76. The molecule has 1 nitrogen and oxygen atoms in total. The van der Waals surface area contributed by atoms with E-state index >= 15 is 0 Å². The standard InChI is InChI=1S/C11H25NSi/c1-7-11(3,9-12-8-2)10-13(4,5)6/h7,12H,1,8-10H2,2-6H3. The van der Waals surface area contributed by atoms with Crippen LogP contribution in [-0.2, 0) is 0 Å². The summed E-state index contributed by atoms with van der Waals surface area (Å²) in [6.45, 7) is 17.8. The Labute approximate surface area is 84.6 Å². The van der Waals surface area contributed by atoms with Crippen LogP contribution in [0.4, 0.5) is 0 Å². The van der Waals surface area contributed by atoms with Crippen molar-refractivity contribution in [3.05, 3.63) is 12.7 Å². The maximum absolute atomic E-state index is 3.95. The van der Waals surface area contributed by atoms with Crippen LogP contribution in [0.15, 0.2) is 12.7 Å². The molecule has 78 valence electrons. The molecule has 0 aliphatic heterocycles. The molecule has 1 N–H and O–H groups in total. The van der Waals surface area contributed by atoms with Crippen LogP contribution in [-0.4, -0.2) is 21.2 Å². The van der Waals surface area contributed by atoms with E-state index in [4.69, 9.17) is 0 Å². The van der Waals surface area contributed by atoms with E-state index in [-0.39, 0.29) is 0 Å². The lowest BCUT2D eigenvalue weighted by Crippen LogP contribution is -2.36. The molecular formula is C11H25NSi. The fourth-order valence-electron chi connectivity index (χ4n) is 1.83. The molecule has 13 heavy (non-hydrogen) atoms. The lowest BCUT2D eigenvalue weighted by atomic mass is 9.93. The molecule has 0 aromatic heterocycles. The van der Waals surface area contributed by atoms with Crippen LogP contribution in [0, 0.1) is 5.41 Å². The molecule has 0 aliphatic rings. The first-order valence-electron chi connectivity index (χ1n) is 5.17. The minimum Gasteiger partial charge on any atom is -0.316 e. The maximum atomic E-state index is 3.95. The Morgan fingerprint density at radius 2 is 1.92 bits per heavy atom. The van der Waals surface area contributed by atoms with Crippen molar-refractivity contribution in [2.75, 3.05) is 13.1 Å². The second-order valence-electron chi connectivity index (χ2n) is 5.38. The summed E-state index contributed by atoms with van der Waals surface area (Å²) in [6.07, 6.45) is 2.12. The van der Waals surface area contributed by atoms with Crippen molar-refractivity contribution in [3.8, 4) is 0 Å². The Bertz CT molecular complexity index is 160. The first-order chi connectivity index (χ1) is 5.83. The van der Waals surface area contributed by atoms with E-state index in [0.29, 0.717) is 5.41 Å². The van der Waals surface area contributed by atoms with E-state index in [2.05, 4.69) is 51.5 Å². The second kappa shape index (κ2) is 4.96. The Morgan fingerprint density at radius 1 is 1.38 bits per heavy atom. The zero-order chi connectivity index (χ0) is 10.5. The van der Waals surface area contributed by atoms with Gasteiger partial charge in [-0.05, 0) is 18.0 Å².